The standard InChI is InChI=1S/C25H16F3NO5S/c26-25(27,28)19-9-10-21-18(12-19)13-20(11-15-5-7-16(8-6-15)24(30)31)29(21)35(32,33)23-14-17-3-1-2-4-22(17)34-23/h1-10,12-14H,11H2,(H,30,31). The van der Waals surface area contributed by atoms with Gasteiger partial charge in [-0.2, -0.15) is 21.6 Å². The van der Waals surface area contributed by atoms with Crippen molar-refractivity contribution in [3.05, 3.63) is 101 Å². The van der Waals surface area contributed by atoms with E-state index in [1.807, 2.05) is 0 Å². The van der Waals surface area contributed by atoms with Crippen LogP contribution in [0.5, 0.6) is 0 Å². The summed E-state index contributed by atoms with van der Waals surface area (Å²) in [7, 11) is -4.33. The number of furan rings is 1. The predicted molar refractivity (Wildman–Crippen MR) is 122 cm³/mol. The van der Waals surface area contributed by atoms with Gasteiger partial charge < -0.3 is 9.52 Å². The second-order valence-electron chi connectivity index (χ2n) is 7.96. The molecule has 5 rings (SSSR count). The molecular weight excluding hydrogens is 483 g/mol. The van der Waals surface area contributed by atoms with E-state index >= 15 is 0 Å². The summed E-state index contributed by atoms with van der Waals surface area (Å²) in [4.78, 5) is 11.1. The number of halogens is 3. The molecule has 3 aromatic carbocycles. The maximum atomic E-state index is 13.7. The zero-order valence-corrected chi connectivity index (χ0v) is 18.6. The molecule has 0 bridgehead atoms. The third kappa shape index (κ3) is 4.06. The van der Waals surface area contributed by atoms with Crippen LogP contribution in [0.3, 0.4) is 0 Å². The first kappa shape index (κ1) is 22.7. The highest BCUT2D eigenvalue weighted by Gasteiger charge is 2.32. The number of hydrogen-bond acceptors (Lipinski definition) is 4. The third-order valence-electron chi connectivity index (χ3n) is 5.64. The molecule has 10 heteroatoms. The Morgan fingerprint density at radius 1 is 0.914 bits per heavy atom. The van der Waals surface area contributed by atoms with Crippen LogP contribution < -0.4 is 0 Å². The number of carbonyl (C=O) groups is 1. The van der Waals surface area contributed by atoms with Gasteiger partial charge in [0.15, 0.2) is 0 Å². The molecule has 1 N–H and O–H groups in total. The van der Waals surface area contributed by atoms with Gasteiger partial charge in [0.25, 0.3) is 0 Å². The molecule has 0 spiro atoms. The van der Waals surface area contributed by atoms with Crippen LogP contribution in [0.4, 0.5) is 13.2 Å². The molecule has 5 aromatic rings. The predicted octanol–water partition coefficient (Wildman–Crippen LogP) is 5.93. The van der Waals surface area contributed by atoms with Crippen molar-refractivity contribution in [2.45, 2.75) is 17.7 Å². The van der Waals surface area contributed by atoms with E-state index in [0.717, 1.165) is 22.2 Å². The van der Waals surface area contributed by atoms with Crippen LogP contribution in [-0.2, 0) is 22.6 Å². The fourth-order valence-electron chi connectivity index (χ4n) is 3.98. The molecule has 0 unspecified atom stereocenters. The number of carboxylic acids is 1. The number of benzene rings is 3. The lowest BCUT2D eigenvalue weighted by Gasteiger charge is -2.11. The molecular formula is C25H16F3NO5S. The molecule has 0 aliphatic heterocycles. The van der Waals surface area contributed by atoms with Crippen molar-refractivity contribution >= 4 is 37.9 Å². The van der Waals surface area contributed by atoms with E-state index in [2.05, 4.69) is 0 Å². The highest BCUT2D eigenvalue weighted by Crippen LogP contribution is 2.35. The van der Waals surface area contributed by atoms with Gasteiger partial charge in [-0.3, -0.25) is 0 Å². The number of alkyl halides is 3. The average Bonchev–Trinajstić information content (AvgIpc) is 3.40. The first-order valence-electron chi connectivity index (χ1n) is 10.3. The van der Waals surface area contributed by atoms with Crippen LogP contribution in [0, 0.1) is 0 Å². The molecule has 35 heavy (non-hydrogen) atoms. The van der Waals surface area contributed by atoms with Crippen molar-refractivity contribution in [2.75, 3.05) is 0 Å². The minimum absolute atomic E-state index is 0.0232. The van der Waals surface area contributed by atoms with E-state index < -0.39 is 27.7 Å². The molecule has 0 saturated carbocycles. The number of rotatable bonds is 5. The summed E-state index contributed by atoms with van der Waals surface area (Å²) < 4.78 is 73.8. The number of hydrogen-bond donors (Lipinski definition) is 1. The topological polar surface area (TPSA) is 89.5 Å². The van der Waals surface area contributed by atoms with E-state index in [-0.39, 0.29) is 33.7 Å². The summed E-state index contributed by atoms with van der Waals surface area (Å²) in [5.41, 5.74) is 0.348. The Morgan fingerprint density at radius 2 is 1.63 bits per heavy atom. The van der Waals surface area contributed by atoms with Gasteiger partial charge in [-0.15, -0.1) is 0 Å². The van der Waals surface area contributed by atoms with Gasteiger partial charge in [0.05, 0.1) is 16.6 Å². The molecule has 0 radical (unpaired) electrons. The fraction of sp³-hybridized carbons (Fsp3) is 0.0800. The number of nitrogens with zero attached hydrogens (tertiary/aromatic N) is 1. The molecule has 0 amide bonds. The maximum Gasteiger partial charge on any atom is 0.416 e. The summed E-state index contributed by atoms with van der Waals surface area (Å²) in [6.45, 7) is 0. The number of aromatic carboxylic acids is 1. The first-order valence-corrected chi connectivity index (χ1v) is 11.8. The van der Waals surface area contributed by atoms with Gasteiger partial charge in [0, 0.05) is 29.0 Å². The second-order valence-corrected chi connectivity index (χ2v) is 9.68. The summed E-state index contributed by atoms with van der Waals surface area (Å²) in [6, 6.07) is 18.1. The van der Waals surface area contributed by atoms with Gasteiger partial charge in [-0.05, 0) is 48.0 Å². The van der Waals surface area contributed by atoms with Crippen LogP contribution in [0.2, 0.25) is 0 Å². The molecule has 178 valence electrons. The molecule has 2 heterocycles. The Kier molecular flexibility index (Phi) is 5.21. The second kappa shape index (κ2) is 8.02. The van der Waals surface area contributed by atoms with Gasteiger partial charge >= 0.3 is 22.2 Å². The van der Waals surface area contributed by atoms with Crippen LogP contribution >= 0.6 is 0 Å². The summed E-state index contributed by atoms with van der Waals surface area (Å²) in [5.74, 6) is -1.11. The van der Waals surface area contributed by atoms with Crippen LogP contribution in [0.25, 0.3) is 21.9 Å². The molecule has 0 aliphatic rings. The Hall–Kier alpha value is -4.05. The van der Waals surface area contributed by atoms with E-state index in [4.69, 9.17) is 9.52 Å². The average molecular weight is 499 g/mol. The van der Waals surface area contributed by atoms with Crippen molar-refractivity contribution in [1.29, 1.82) is 0 Å². The number of fused-ring (bicyclic) bond motifs is 2. The quantitative estimate of drug-likeness (QED) is 0.324. The molecule has 0 fully saturated rings. The van der Waals surface area contributed by atoms with Crippen molar-refractivity contribution in [2.24, 2.45) is 0 Å². The molecule has 0 saturated heterocycles. The minimum Gasteiger partial charge on any atom is -0.478 e. The highest BCUT2D eigenvalue weighted by atomic mass is 32.2. The Bertz CT molecular complexity index is 1660. The lowest BCUT2D eigenvalue weighted by atomic mass is 10.1. The smallest absolute Gasteiger partial charge is 0.416 e. The number of carboxylic acid groups (broad SMARTS) is 1. The molecule has 0 atom stereocenters. The monoisotopic (exact) mass is 499 g/mol. The van der Waals surface area contributed by atoms with Crippen molar-refractivity contribution in [3.8, 4) is 0 Å². The van der Waals surface area contributed by atoms with E-state index in [1.165, 1.54) is 36.4 Å². The van der Waals surface area contributed by atoms with Crippen molar-refractivity contribution in [3.63, 3.8) is 0 Å². The summed E-state index contributed by atoms with van der Waals surface area (Å²) in [6.07, 6.45) is -4.57. The summed E-state index contributed by atoms with van der Waals surface area (Å²) >= 11 is 0. The SMILES string of the molecule is O=C(O)c1ccc(Cc2cc3cc(C(F)(F)F)ccc3n2S(=O)(=O)c2cc3ccccc3o2)cc1. The van der Waals surface area contributed by atoms with E-state index in [0.29, 0.717) is 16.5 Å². The van der Waals surface area contributed by atoms with Gasteiger partial charge in [-0.25, -0.2) is 8.77 Å². The maximum absolute atomic E-state index is 13.7. The lowest BCUT2D eigenvalue weighted by molar-refractivity contribution is -0.137. The Morgan fingerprint density at radius 3 is 2.29 bits per heavy atom. The number of para-hydroxylation sites is 1. The summed E-state index contributed by atoms with van der Waals surface area (Å²) in [5, 5.41) is 9.41. The van der Waals surface area contributed by atoms with Crippen LogP contribution in [-0.4, -0.2) is 23.5 Å². The van der Waals surface area contributed by atoms with Crippen molar-refractivity contribution in [1.82, 2.24) is 3.97 Å². The van der Waals surface area contributed by atoms with Gasteiger partial charge in [0.1, 0.15) is 5.58 Å². The van der Waals surface area contributed by atoms with Gasteiger partial charge in [-0.1, -0.05) is 30.3 Å². The number of aromatic nitrogens is 1. The normalized spacial score (nSPS) is 12.4. The fourth-order valence-corrected chi connectivity index (χ4v) is 5.48. The third-order valence-corrected chi connectivity index (χ3v) is 7.26. The Labute approximate surface area is 196 Å². The van der Waals surface area contributed by atoms with Crippen molar-refractivity contribution < 1.29 is 35.9 Å². The van der Waals surface area contributed by atoms with Gasteiger partial charge in [0.2, 0.25) is 5.09 Å². The molecule has 2 aromatic heterocycles. The first-order chi connectivity index (χ1) is 16.5. The molecule has 6 nitrogen and oxygen atoms in total. The lowest BCUT2D eigenvalue weighted by Crippen LogP contribution is -2.15. The minimum atomic E-state index is -4.60. The van der Waals surface area contributed by atoms with Crippen LogP contribution in [0.1, 0.15) is 27.2 Å². The zero-order chi connectivity index (χ0) is 25.0. The van der Waals surface area contributed by atoms with E-state index in [1.54, 1.807) is 24.3 Å². The largest absolute Gasteiger partial charge is 0.478 e. The Balaban J connectivity index is 1.69. The van der Waals surface area contributed by atoms with E-state index in [9.17, 15) is 26.4 Å². The zero-order valence-electron chi connectivity index (χ0n) is 17.8. The van der Waals surface area contributed by atoms with Crippen LogP contribution in [0.15, 0.2) is 88.4 Å². The molecule has 0 aliphatic carbocycles. The highest BCUT2D eigenvalue weighted by molar-refractivity contribution is 7.90.